The molecular weight excluding hydrogens is 207 g/mol. The van der Waals surface area contributed by atoms with Crippen molar-refractivity contribution in [1.82, 2.24) is 4.98 Å². The maximum Gasteiger partial charge on any atom is 0.214 e. The van der Waals surface area contributed by atoms with Crippen LogP contribution in [0.4, 0.5) is 10.2 Å². The summed E-state index contributed by atoms with van der Waals surface area (Å²) < 4.78 is 18.5. The first kappa shape index (κ1) is 11.3. The number of nitrogens with one attached hydrogen (secondary N) is 1. The van der Waals surface area contributed by atoms with Crippen LogP contribution < -0.4 is 5.32 Å². The number of halogens is 1. The fourth-order valence-corrected chi connectivity index (χ4v) is 1.99. The fourth-order valence-electron chi connectivity index (χ4n) is 1.99. The third kappa shape index (κ3) is 2.92. The molecule has 1 aliphatic rings. The van der Waals surface area contributed by atoms with E-state index in [4.69, 9.17) is 4.74 Å². The largest absolute Gasteiger partial charge is 0.378 e. The third-order valence-corrected chi connectivity index (χ3v) is 2.89. The van der Waals surface area contributed by atoms with Crippen LogP contribution in [0.5, 0.6) is 0 Å². The molecule has 3 nitrogen and oxygen atoms in total. The molecule has 1 aromatic rings. The van der Waals surface area contributed by atoms with Crippen LogP contribution in [-0.2, 0) is 4.74 Å². The van der Waals surface area contributed by atoms with Crippen LogP contribution in [-0.4, -0.2) is 23.7 Å². The molecule has 16 heavy (non-hydrogen) atoms. The zero-order valence-corrected chi connectivity index (χ0v) is 9.45. The van der Waals surface area contributed by atoms with Gasteiger partial charge in [0.2, 0.25) is 5.95 Å². The monoisotopic (exact) mass is 224 g/mol. The van der Waals surface area contributed by atoms with Crippen molar-refractivity contribution >= 4 is 5.82 Å². The second kappa shape index (κ2) is 5.25. The van der Waals surface area contributed by atoms with E-state index in [0.717, 1.165) is 25.9 Å². The summed E-state index contributed by atoms with van der Waals surface area (Å²) in [4.78, 5) is 3.80. The van der Waals surface area contributed by atoms with Gasteiger partial charge >= 0.3 is 0 Å². The molecule has 0 bridgehead atoms. The van der Waals surface area contributed by atoms with Gasteiger partial charge in [-0.1, -0.05) is 13.0 Å². The Morgan fingerprint density at radius 2 is 2.44 bits per heavy atom. The summed E-state index contributed by atoms with van der Waals surface area (Å²) in [6.45, 7) is 2.89. The predicted molar refractivity (Wildman–Crippen MR) is 60.9 cm³/mol. The Balaban J connectivity index is 1.94. The highest BCUT2D eigenvalue weighted by Crippen LogP contribution is 2.19. The van der Waals surface area contributed by atoms with Gasteiger partial charge in [-0.15, -0.1) is 0 Å². The van der Waals surface area contributed by atoms with Gasteiger partial charge in [0.25, 0.3) is 0 Å². The molecule has 2 heterocycles. The van der Waals surface area contributed by atoms with Crippen LogP contribution in [0.25, 0.3) is 0 Å². The normalized spacial score (nSPS) is 25.4. The van der Waals surface area contributed by atoms with Crippen LogP contribution >= 0.6 is 0 Å². The van der Waals surface area contributed by atoms with Crippen LogP contribution in [0.1, 0.15) is 26.2 Å². The molecule has 1 saturated heterocycles. The Hall–Kier alpha value is -1.16. The summed E-state index contributed by atoms with van der Waals surface area (Å²) in [5.74, 6) is 0.172. The lowest BCUT2D eigenvalue weighted by Gasteiger charge is -2.29. The van der Waals surface area contributed by atoms with Gasteiger partial charge in [0, 0.05) is 12.6 Å². The number of rotatable bonds is 3. The van der Waals surface area contributed by atoms with Crippen LogP contribution in [0.2, 0.25) is 0 Å². The molecule has 0 saturated carbocycles. The van der Waals surface area contributed by atoms with Gasteiger partial charge in [-0.25, -0.2) is 4.98 Å². The van der Waals surface area contributed by atoms with Crippen molar-refractivity contribution in [3.05, 3.63) is 24.1 Å². The van der Waals surface area contributed by atoms with E-state index < -0.39 is 5.95 Å². The fraction of sp³-hybridized carbons (Fsp3) is 0.583. The van der Waals surface area contributed by atoms with E-state index in [1.54, 1.807) is 12.1 Å². The molecule has 0 aromatic carbocycles. The van der Waals surface area contributed by atoms with E-state index in [-0.39, 0.29) is 0 Å². The van der Waals surface area contributed by atoms with Crippen molar-refractivity contribution in [2.75, 3.05) is 11.9 Å². The van der Waals surface area contributed by atoms with E-state index in [2.05, 4.69) is 17.2 Å². The highest BCUT2D eigenvalue weighted by Gasteiger charge is 2.21. The molecule has 0 aliphatic carbocycles. The topological polar surface area (TPSA) is 34.2 Å². The van der Waals surface area contributed by atoms with Crippen molar-refractivity contribution in [3.63, 3.8) is 0 Å². The summed E-state index contributed by atoms with van der Waals surface area (Å²) >= 11 is 0. The van der Waals surface area contributed by atoms with Gasteiger partial charge in [-0.2, -0.15) is 4.39 Å². The van der Waals surface area contributed by atoms with E-state index in [1.165, 1.54) is 6.07 Å². The minimum absolute atomic E-state index is 0.319. The summed E-state index contributed by atoms with van der Waals surface area (Å²) in [7, 11) is 0. The Kier molecular flexibility index (Phi) is 3.72. The van der Waals surface area contributed by atoms with Crippen molar-refractivity contribution in [2.45, 2.75) is 38.3 Å². The highest BCUT2D eigenvalue weighted by atomic mass is 19.1. The number of anilines is 1. The molecule has 0 amide bonds. The lowest BCUT2D eigenvalue weighted by Crippen LogP contribution is -2.33. The van der Waals surface area contributed by atoms with E-state index in [9.17, 15) is 4.39 Å². The van der Waals surface area contributed by atoms with Crippen molar-refractivity contribution in [3.8, 4) is 0 Å². The van der Waals surface area contributed by atoms with Crippen LogP contribution in [0.3, 0.4) is 0 Å². The van der Waals surface area contributed by atoms with E-state index >= 15 is 0 Å². The first-order valence-electron chi connectivity index (χ1n) is 5.78. The first-order valence-corrected chi connectivity index (χ1v) is 5.78. The lowest BCUT2D eigenvalue weighted by molar-refractivity contribution is 0.00920. The number of ether oxygens (including phenoxy) is 1. The molecule has 2 atom stereocenters. The summed E-state index contributed by atoms with van der Waals surface area (Å²) in [6, 6.07) is 5.15. The molecular formula is C12H17FN2O. The average molecular weight is 224 g/mol. The van der Waals surface area contributed by atoms with E-state index in [1.807, 2.05) is 0 Å². The third-order valence-electron chi connectivity index (χ3n) is 2.89. The number of aromatic nitrogens is 1. The minimum Gasteiger partial charge on any atom is -0.378 e. The Bertz CT molecular complexity index is 346. The van der Waals surface area contributed by atoms with E-state index in [0.29, 0.717) is 18.0 Å². The van der Waals surface area contributed by atoms with Gasteiger partial charge in [-0.3, -0.25) is 0 Å². The molecule has 1 aromatic heterocycles. The first-order chi connectivity index (χ1) is 7.78. The van der Waals surface area contributed by atoms with Crippen molar-refractivity contribution in [1.29, 1.82) is 0 Å². The smallest absolute Gasteiger partial charge is 0.214 e. The quantitative estimate of drug-likeness (QED) is 0.801. The minimum atomic E-state index is -0.441. The number of nitrogens with zero attached hydrogens (tertiary/aromatic N) is 1. The SMILES string of the molecule is CCC1CC(Nc2cccc(F)n2)CCO1. The molecule has 1 fully saturated rings. The van der Waals surface area contributed by atoms with Crippen LogP contribution in [0.15, 0.2) is 18.2 Å². The summed E-state index contributed by atoms with van der Waals surface area (Å²) in [5, 5.41) is 3.25. The molecule has 1 aliphatic heterocycles. The predicted octanol–water partition coefficient (Wildman–Crippen LogP) is 2.59. The molecule has 0 spiro atoms. The summed E-state index contributed by atoms with van der Waals surface area (Å²) in [5.41, 5.74) is 0. The zero-order chi connectivity index (χ0) is 11.4. The standard InChI is InChI=1S/C12H17FN2O/c1-2-10-8-9(6-7-16-10)14-12-5-3-4-11(13)15-12/h3-5,9-10H,2,6-8H2,1H3,(H,14,15). The van der Waals surface area contributed by atoms with Gasteiger partial charge in [-0.05, 0) is 31.4 Å². The van der Waals surface area contributed by atoms with Crippen molar-refractivity contribution < 1.29 is 9.13 Å². The summed E-state index contributed by atoms with van der Waals surface area (Å²) in [6.07, 6.45) is 3.26. The molecule has 4 heteroatoms. The Morgan fingerprint density at radius 3 is 3.19 bits per heavy atom. The Labute approximate surface area is 95.0 Å². The maximum absolute atomic E-state index is 12.9. The highest BCUT2D eigenvalue weighted by molar-refractivity contribution is 5.34. The number of hydrogen-bond acceptors (Lipinski definition) is 3. The Morgan fingerprint density at radius 1 is 1.56 bits per heavy atom. The second-order valence-corrected chi connectivity index (χ2v) is 4.11. The molecule has 0 radical (unpaired) electrons. The van der Waals surface area contributed by atoms with Crippen LogP contribution in [0, 0.1) is 5.95 Å². The molecule has 88 valence electrons. The van der Waals surface area contributed by atoms with Gasteiger partial charge in [0.1, 0.15) is 5.82 Å². The molecule has 1 N–H and O–H groups in total. The number of hydrogen-bond donors (Lipinski definition) is 1. The second-order valence-electron chi connectivity index (χ2n) is 4.11. The lowest BCUT2D eigenvalue weighted by atomic mass is 10.0. The average Bonchev–Trinajstić information content (AvgIpc) is 2.29. The van der Waals surface area contributed by atoms with Crippen molar-refractivity contribution in [2.24, 2.45) is 0 Å². The van der Waals surface area contributed by atoms with Gasteiger partial charge in [0.05, 0.1) is 6.10 Å². The van der Waals surface area contributed by atoms with Gasteiger partial charge in [0.15, 0.2) is 0 Å². The maximum atomic E-state index is 12.9. The van der Waals surface area contributed by atoms with Gasteiger partial charge < -0.3 is 10.1 Å². The number of pyridine rings is 1. The molecule has 2 unspecified atom stereocenters. The molecule has 2 rings (SSSR count). The zero-order valence-electron chi connectivity index (χ0n) is 9.45.